The summed E-state index contributed by atoms with van der Waals surface area (Å²) < 4.78 is 33.9. The predicted molar refractivity (Wildman–Crippen MR) is 74.5 cm³/mol. The molecule has 0 aliphatic heterocycles. The molecule has 1 aliphatic rings. The maximum atomic E-state index is 12.1. The summed E-state index contributed by atoms with van der Waals surface area (Å²) in [6.07, 6.45) is 2.38. The molecule has 1 aromatic heterocycles. The molecule has 1 fully saturated rings. The van der Waals surface area contributed by atoms with Crippen LogP contribution in [0.3, 0.4) is 0 Å². The molecule has 1 aliphatic carbocycles. The van der Waals surface area contributed by atoms with Crippen LogP contribution in [0.15, 0.2) is 28.6 Å². The van der Waals surface area contributed by atoms with Crippen LogP contribution in [0.25, 0.3) is 0 Å². The van der Waals surface area contributed by atoms with Crippen molar-refractivity contribution in [1.29, 1.82) is 0 Å². The number of hydrogen-bond donors (Lipinski definition) is 0. The molecular formula is C13H12F2N2OS2. The monoisotopic (exact) mass is 314 g/mol. The van der Waals surface area contributed by atoms with Crippen LogP contribution in [0.1, 0.15) is 30.1 Å². The summed E-state index contributed by atoms with van der Waals surface area (Å²) >= 11 is 2.97. The normalized spacial score (nSPS) is 14.8. The first kappa shape index (κ1) is 13.8. The van der Waals surface area contributed by atoms with E-state index in [0.717, 1.165) is 15.7 Å². The minimum Gasteiger partial charge on any atom is -0.435 e. The molecule has 1 heterocycles. The van der Waals surface area contributed by atoms with Gasteiger partial charge in [0.05, 0.1) is 0 Å². The number of halogens is 2. The van der Waals surface area contributed by atoms with Gasteiger partial charge in [-0.05, 0) is 42.1 Å². The number of ether oxygens (including phenoxy) is 1. The molecule has 0 unspecified atom stereocenters. The molecule has 0 N–H and O–H groups in total. The Labute approximate surface area is 123 Å². The van der Waals surface area contributed by atoms with Crippen molar-refractivity contribution in [3.05, 3.63) is 35.7 Å². The molecule has 0 atom stereocenters. The van der Waals surface area contributed by atoms with E-state index in [2.05, 4.69) is 14.1 Å². The highest BCUT2D eigenvalue weighted by molar-refractivity contribution is 8.00. The summed E-state index contributed by atoms with van der Waals surface area (Å²) in [5.74, 6) is 2.37. The second-order valence-electron chi connectivity index (χ2n) is 4.51. The van der Waals surface area contributed by atoms with Crippen LogP contribution in [0, 0.1) is 0 Å². The van der Waals surface area contributed by atoms with E-state index >= 15 is 0 Å². The van der Waals surface area contributed by atoms with Gasteiger partial charge in [-0.3, -0.25) is 0 Å². The minimum absolute atomic E-state index is 0.189. The van der Waals surface area contributed by atoms with Crippen molar-refractivity contribution in [2.45, 2.75) is 35.5 Å². The van der Waals surface area contributed by atoms with Gasteiger partial charge in [0, 0.05) is 11.7 Å². The van der Waals surface area contributed by atoms with Crippen molar-refractivity contribution in [1.82, 2.24) is 9.36 Å². The van der Waals surface area contributed by atoms with E-state index in [-0.39, 0.29) is 5.75 Å². The van der Waals surface area contributed by atoms with Crippen LogP contribution < -0.4 is 4.74 Å². The number of aromatic nitrogens is 2. The maximum absolute atomic E-state index is 12.1. The molecule has 0 radical (unpaired) electrons. The zero-order valence-corrected chi connectivity index (χ0v) is 12.1. The molecule has 0 bridgehead atoms. The Kier molecular flexibility index (Phi) is 4.16. The largest absolute Gasteiger partial charge is 0.435 e. The van der Waals surface area contributed by atoms with E-state index in [1.54, 1.807) is 23.9 Å². The summed E-state index contributed by atoms with van der Waals surface area (Å²) in [6.45, 7) is -2.79. The number of benzene rings is 1. The molecule has 1 aromatic carbocycles. The summed E-state index contributed by atoms with van der Waals surface area (Å²) in [6, 6.07) is 6.75. The first-order chi connectivity index (χ1) is 9.70. The molecule has 7 heteroatoms. The molecule has 20 heavy (non-hydrogen) atoms. The molecular weight excluding hydrogens is 302 g/mol. The number of hydrogen-bond acceptors (Lipinski definition) is 5. The van der Waals surface area contributed by atoms with E-state index in [9.17, 15) is 8.78 Å². The SMILES string of the molecule is FC(F)Oc1cccc(CSc2nc(C3CC3)ns2)c1. The fourth-order valence-electron chi connectivity index (χ4n) is 1.74. The van der Waals surface area contributed by atoms with E-state index in [1.165, 1.54) is 30.4 Å². The van der Waals surface area contributed by atoms with Gasteiger partial charge in [0.2, 0.25) is 0 Å². The molecule has 2 aromatic rings. The van der Waals surface area contributed by atoms with Gasteiger partial charge in [0.1, 0.15) is 11.6 Å². The minimum atomic E-state index is -2.79. The molecule has 0 saturated heterocycles. The zero-order chi connectivity index (χ0) is 13.9. The molecule has 1 saturated carbocycles. The highest BCUT2D eigenvalue weighted by Gasteiger charge is 2.27. The van der Waals surface area contributed by atoms with Crippen molar-refractivity contribution in [2.75, 3.05) is 0 Å². The average molecular weight is 314 g/mol. The Morgan fingerprint density at radius 1 is 1.40 bits per heavy atom. The first-order valence-corrected chi connectivity index (χ1v) is 7.97. The Hall–Kier alpha value is -1.21. The summed E-state index contributed by atoms with van der Waals surface area (Å²) in [7, 11) is 0. The molecule has 0 spiro atoms. The topological polar surface area (TPSA) is 35.0 Å². The molecule has 0 amide bonds. The standard InChI is InChI=1S/C13H12F2N2OS2/c14-12(15)18-10-3-1-2-8(6-10)7-19-13-16-11(17-20-13)9-4-5-9/h1-3,6,9,12H,4-5,7H2. The Balaban J connectivity index is 1.59. The van der Waals surface area contributed by atoms with Crippen LogP contribution in [-0.4, -0.2) is 16.0 Å². The molecule has 3 nitrogen and oxygen atoms in total. The van der Waals surface area contributed by atoms with E-state index < -0.39 is 6.61 Å². The number of alkyl halides is 2. The highest BCUT2D eigenvalue weighted by atomic mass is 32.2. The summed E-state index contributed by atoms with van der Waals surface area (Å²) in [5, 5.41) is 0. The van der Waals surface area contributed by atoms with Crippen molar-refractivity contribution in [3.8, 4) is 5.75 Å². The van der Waals surface area contributed by atoms with E-state index in [0.29, 0.717) is 11.7 Å². The summed E-state index contributed by atoms with van der Waals surface area (Å²) in [5.41, 5.74) is 0.927. The van der Waals surface area contributed by atoms with Gasteiger partial charge in [-0.2, -0.15) is 13.2 Å². The Morgan fingerprint density at radius 2 is 2.25 bits per heavy atom. The Morgan fingerprint density at radius 3 is 3.00 bits per heavy atom. The van der Waals surface area contributed by atoms with Crippen molar-refractivity contribution >= 4 is 23.3 Å². The van der Waals surface area contributed by atoms with Crippen LogP contribution in [0.5, 0.6) is 5.75 Å². The van der Waals surface area contributed by atoms with Gasteiger partial charge in [0.25, 0.3) is 0 Å². The van der Waals surface area contributed by atoms with Gasteiger partial charge < -0.3 is 4.74 Å². The van der Waals surface area contributed by atoms with Crippen LogP contribution in [0.4, 0.5) is 8.78 Å². The van der Waals surface area contributed by atoms with Gasteiger partial charge in [-0.15, -0.1) is 0 Å². The third-order valence-electron chi connectivity index (χ3n) is 2.85. The Bertz CT molecular complexity index is 587. The maximum Gasteiger partial charge on any atom is 0.387 e. The lowest BCUT2D eigenvalue weighted by Gasteiger charge is -2.05. The van der Waals surface area contributed by atoms with Crippen molar-refractivity contribution in [2.24, 2.45) is 0 Å². The lowest BCUT2D eigenvalue weighted by atomic mass is 10.2. The molecule has 106 valence electrons. The average Bonchev–Trinajstić information content (AvgIpc) is 3.16. The van der Waals surface area contributed by atoms with Gasteiger partial charge in [-0.1, -0.05) is 23.9 Å². The lowest BCUT2D eigenvalue weighted by Crippen LogP contribution is -2.01. The highest BCUT2D eigenvalue weighted by Crippen LogP contribution is 2.40. The second-order valence-corrected chi connectivity index (χ2v) is 6.48. The van der Waals surface area contributed by atoms with Crippen LogP contribution >= 0.6 is 23.3 Å². The van der Waals surface area contributed by atoms with Gasteiger partial charge in [-0.25, -0.2) is 4.98 Å². The third-order valence-corrected chi connectivity index (χ3v) is 4.77. The van der Waals surface area contributed by atoms with Crippen molar-refractivity contribution in [3.63, 3.8) is 0 Å². The van der Waals surface area contributed by atoms with E-state index in [1.807, 2.05) is 6.07 Å². The van der Waals surface area contributed by atoms with E-state index in [4.69, 9.17) is 0 Å². The molecule has 3 rings (SSSR count). The number of nitrogens with zero attached hydrogens (tertiary/aromatic N) is 2. The summed E-state index contributed by atoms with van der Waals surface area (Å²) in [4.78, 5) is 4.48. The number of rotatable bonds is 6. The fraction of sp³-hybridized carbons (Fsp3) is 0.385. The van der Waals surface area contributed by atoms with Crippen LogP contribution in [-0.2, 0) is 5.75 Å². The third kappa shape index (κ3) is 3.67. The zero-order valence-electron chi connectivity index (χ0n) is 10.5. The van der Waals surface area contributed by atoms with Gasteiger partial charge >= 0.3 is 6.61 Å². The quantitative estimate of drug-likeness (QED) is 0.744. The number of thioether (sulfide) groups is 1. The second kappa shape index (κ2) is 6.05. The van der Waals surface area contributed by atoms with Gasteiger partial charge in [0.15, 0.2) is 4.34 Å². The predicted octanol–water partition coefficient (Wildman–Crippen LogP) is 4.31. The van der Waals surface area contributed by atoms with Crippen LogP contribution in [0.2, 0.25) is 0 Å². The fourth-order valence-corrected chi connectivity index (χ4v) is 3.37. The first-order valence-electron chi connectivity index (χ1n) is 6.21. The van der Waals surface area contributed by atoms with Crippen molar-refractivity contribution < 1.29 is 13.5 Å². The smallest absolute Gasteiger partial charge is 0.387 e. The lowest BCUT2D eigenvalue weighted by molar-refractivity contribution is -0.0498.